The Labute approximate surface area is 129 Å². The number of ether oxygens (including phenoxy) is 2. The van der Waals surface area contributed by atoms with Crippen LogP contribution in [0.5, 0.6) is 0 Å². The molecule has 0 N–H and O–H groups in total. The Morgan fingerprint density at radius 3 is 2.41 bits per heavy atom. The third-order valence-corrected chi connectivity index (χ3v) is 3.90. The van der Waals surface area contributed by atoms with Gasteiger partial charge in [0, 0.05) is 39.6 Å². The van der Waals surface area contributed by atoms with E-state index in [9.17, 15) is 14.4 Å². The van der Waals surface area contributed by atoms with E-state index in [2.05, 4.69) is 0 Å². The molecule has 0 aliphatic carbocycles. The minimum absolute atomic E-state index is 0.0362. The summed E-state index contributed by atoms with van der Waals surface area (Å²) < 4.78 is 10.1. The van der Waals surface area contributed by atoms with Crippen molar-refractivity contribution in [2.24, 2.45) is 0 Å². The molecule has 2 rings (SSSR count). The van der Waals surface area contributed by atoms with E-state index in [0.29, 0.717) is 52.2 Å². The monoisotopic (exact) mass is 313 g/mol. The van der Waals surface area contributed by atoms with Gasteiger partial charge in [0.25, 0.3) is 0 Å². The zero-order valence-electron chi connectivity index (χ0n) is 13.1. The molecule has 0 spiro atoms. The molecule has 124 valence electrons. The molecule has 2 aliphatic rings. The lowest BCUT2D eigenvalue weighted by atomic mass is 10.1. The van der Waals surface area contributed by atoms with Gasteiger partial charge >= 0.3 is 12.2 Å². The predicted molar refractivity (Wildman–Crippen MR) is 77.3 cm³/mol. The van der Waals surface area contributed by atoms with Crippen LogP contribution in [-0.4, -0.2) is 85.3 Å². The quantitative estimate of drug-likeness (QED) is 0.756. The van der Waals surface area contributed by atoms with Gasteiger partial charge in [-0.15, -0.1) is 0 Å². The summed E-state index contributed by atoms with van der Waals surface area (Å²) in [6.45, 7) is 4.67. The largest absolute Gasteiger partial charge is 0.450 e. The first-order valence-electron chi connectivity index (χ1n) is 7.62. The minimum Gasteiger partial charge on any atom is -0.450 e. The second kappa shape index (κ2) is 7.33. The molecule has 0 saturated carbocycles. The van der Waals surface area contributed by atoms with E-state index in [1.165, 1.54) is 4.90 Å². The molecule has 8 heteroatoms. The highest BCUT2D eigenvalue weighted by Gasteiger charge is 2.30. The molecular formula is C14H23N3O5. The number of hydrogen-bond donors (Lipinski definition) is 0. The summed E-state index contributed by atoms with van der Waals surface area (Å²) in [5.74, 6) is 0.0362. The Balaban J connectivity index is 1.69. The summed E-state index contributed by atoms with van der Waals surface area (Å²) in [6, 6.07) is 0. The molecule has 0 radical (unpaired) electrons. The average molecular weight is 313 g/mol. The van der Waals surface area contributed by atoms with Gasteiger partial charge in [-0.1, -0.05) is 0 Å². The summed E-state index contributed by atoms with van der Waals surface area (Å²) in [4.78, 5) is 39.8. The van der Waals surface area contributed by atoms with Crippen molar-refractivity contribution in [1.82, 2.24) is 14.7 Å². The molecule has 1 unspecified atom stereocenters. The number of amides is 3. The number of carbonyl (C=O) groups excluding carboxylic acids is 3. The minimum atomic E-state index is -0.333. The number of carbonyl (C=O) groups is 3. The number of likely N-dealkylation sites (N-methyl/N-ethyl adjacent to an activating group) is 1. The van der Waals surface area contributed by atoms with Crippen molar-refractivity contribution in [1.29, 1.82) is 0 Å². The first-order valence-corrected chi connectivity index (χ1v) is 7.62. The third kappa shape index (κ3) is 4.02. The van der Waals surface area contributed by atoms with Crippen LogP contribution < -0.4 is 0 Å². The van der Waals surface area contributed by atoms with Gasteiger partial charge in [0.1, 0.15) is 6.10 Å². The van der Waals surface area contributed by atoms with E-state index in [4.69, 9.17) is 9.47 Å². The van der Waals surface area contributed by atoms with Crippen LogP contribution in [0.3, 0.4) is 0 Å². The molecular weight excluding hydrogens is 290 g/mol. The van der Waals surface area contributed by atoms with Crippen molar-refractivity contribution in [3.8, 4) is 0 Å². The van der Waals surface area contributed by atoms with Crippen LogP contribution in [0.15, 0.2) is 0 Å². The molecule has 2 fully saturated rings. The Hall–Kier alpha value is -1.99. The molecule has 1 atom stereocenters. The van der Waals surface area contributed by atoms with E-state index >= 15 is 0 Å². The standard InChI is InChI=1S/C14H23N3O5/c1-3-21-14(20)17-8-6-16(7-9-17)12(18)5-4-11-10-15(2)13(19)22-11/h11H,3-10H2,1-2H3. The summed E-state index contributed by atoms with van der Waals surface area (Å²) in [7, 11) is 1.68. The first kappa shape index (κ1) is 16.4. The number of nitrogens with zero attached hydrogens (tertiary/aromatic N) is 3. The molecule has 0 aromatic carbocycles. The van der Waals surface area contributed by atoms with E-state index in [0.717, 1.165) is 0 Å². The predicted octanol–water partition coefficient (Wildman–Crippen LogP) is 0.518. The highest BCUT2D eigenvalue weighted by atomic mass is 16.6. The van der Waals surface area contributed by atoms with E-state index in [1.807, 2.05) is 0 Å². The highest BCUT2D eigenvalue weighted by Crippen LogP contribution is 2.15. The fourth-order valence-electron chi connectivity index (χ4n) is 2.60. The number of rotatable bonds is 4. The second-order valence-corrected chi connectivity index (χ2v) is 5.49. The van der Waals surface area contributed by atoms with Gasteiger partial charge in [-0.3, -0.25) is 4.79 Å². The van der Waals surface area contributed by atoms with E-state index < -0.39 is 0 Å². The lowest BCUT2D eigenvalue weighted by Gasteiger charge is -2.34. The van der Waals surface area contributed by atoms with Crippen LogP contribution in [0.4, 0.5) is 9.59 Å². The lowest BCUT2D eigenvalue weighted by molar-refractivity contribution is -0.133. The lowest BCUT2D eigenvalue weighted by Crippen LogP contribution is -2.50. The van der Waals surface area contributed by atoms with Gasteiger partial charge in [0.05, 0.1) is 13.2 Å². The van der Waals surface area contributed by atoms with Crippen LogP contribution in [0.1, 0.15) is 19.8 Å². The van der Waals surface area contributed by atoms with Crippen molar-refractivity contribution in [2.75, 3.05) is 46.4 Å². The molecule has 2 saturated heterocycles. The number of piperazine rings is 1. The topological polar surface area (TPSA) is 79.4 Å². The number of hydrogen-bond acceptors (Lipinski definition) is 5. The Morgan fingerprint density at radius 1 is 1.23 bits per heavy atom. The Morgan fingerprint density at radius 2 is 1.86 bits per heavy atom. The highest BCUT2D eigenvalue weighted by molar-refractivity contribution is 5.77. The molecule has 22 heavy (non-hydrogen) atoms. The summed E-state index contributed by atoms with van der Waals surface area (Å²) in [5.41, 5.74) is 0. The van der Waals surface area contributed by atoms with Crippen LogP contribution in [-0.2, 0) is 14.3 Å². The van der Waals surface area contributed by atoms with Crippen LogP contribution in [0, 0.1) is 0 Å². The van der Waals surface area contributed by atoms with Gasteiger partial charge in [0.2, 0.25) is 5.91 Å². The Kier molecular flexibility index (Phi) is 5.46. The van der Waals surface area contributed by atoms with Crippen molar-refractivity contribution in [3.63, 3.8) is 0 Å². The average Bonchev–Trinajstić information content (AvgIpc) is 2.84. The first-order chi connectivity index (χ1) is 10.5. The zero-order valence-corrected chi connectivity index (χ0v) is 13.1. The zero-order chi connectivity index (χ0) is 16.1. The molecule has 2 heterocycles. The fraction of sp³-hybridized carbons (Fsp3) is 0.786. The molecule has 0 aromatic rings. The van der Waals surface area contributed by atoms with Crippen molar-refractivity contribution in [2.45, 2.75) is 25.9 Å². The molecule has 0 aromatic heterocycles. The molecule has 0 bridgehead atoms. The maximum absolute atomic E-state index is 12.2. The SMILES string of the molecule is CCOC(=O)N1CCN(C(=O)CCC2CN(C)C(=O)O2)CC1. The summed E-state index contributed by atoms with van der Waals surface area (Å²) in [6.07, 6.45) is 0.0244. The maximum Gasteiger partial charge on any atom is 0.409 e. The van der Waals surface area contributed by atoms with Crippen molar-refractivity contribution < 1.29 is 23.9 Å². The van der Waals surface area contributed by atoms with Crippen molar-refractivity contribution in [3.05, 3.63) is 0 Å². The molecule has 8 nitrogen and oxygen atoms in total. The van der Waals surface area contributed by atoms with E-state index in [-0.39, 0.29) is 24.2 Å². The van der Waals surface area contributed by atoms with Crippen LogP contribution >= 0.6 is 0 Å². The fourth-order valence-corrected chi connectivity index (χ4v) is 2.60. The third-order valence-electron chi connectivity index (χ3n) is 3.90. The van der Waals surface area contributed by atoms with E-state index in [1.54, 1.807) is 23.8 Å². The molecule has 2 aliphatic heterocycles. The van der Waals surface area contributed by atoms with Crippen LogP contribution in [0.2, 0.25) is 0 Å². The van der Waals surface area contributed by atoms with Crippen molar-refractivity contribution >= 4 is 18.1 Å². The normalized spacial score (nSPS) is 21.8. The Bertz CT molecular complexity index is 434. The van der Waals surface area contributed by atoms with Gasteiger partial charge in [-0.25, -0.2) is 9.59 Å². The summed E-state index contributed by atoms with van der Waals surface area (Å²) in [5, 5.41) is 0. The smallest absolute Gasteiger partial charge is 0.409 e. The second-order valence-electron chi connectivity index (χ2n) is 5.49. The van der Waals surface area contributed by atoms with Gasteiger partial charge in [-0.2, -0.15) is 0 Å². The van der Waals surface area contributed by atoms with Gasteiger partial charge in [0.15, 0.2) is 0 Å². The van der Waals surface area contributed by atoms with Crippen LogP contribution in [0.25, 0.3) is 0 Å². The molecule has 3 amide bonds. The number of cyclic esters (lactones) is 1. The van der Waals surface area contributed by atoms with Gasteiger partial charge < -0.3 is 24.2 Å². The summed E-state index contributed by atoms with van der Waals surface area (Å²) >= 11 is 0. The van der Waals surface area contributed by atoms with Gasteiger partial charge in [-0.05, 0) is 13.3 Å². The maximum atomic E-state index is 12.2.